The summed E-state index contributed by atoms with van der Waals surface area (Å²) >= 11 is 0. The Balaban J connectivity index is 2.22. The van der Waals surface area contributed by atoms with Crippen LogP contribution in [0, 0.1) is 0 Å². The Labute approximate surface area is 104 Å². The molecule has 2 aromatic rings. The van der Waals surface area contributed by atoms with Crippen LogP contribution in [0.2, 0.25) is 0 Å². The molecule has 0 spiro atoms. The molecular formula is C13H15F3N2. The summed E-state index contributed by atoms with van der Waals surface area (Å²) in [5, 5.41) is 1.01. The van der Waals surface area contributed by atoms with Crippen LogP contribution in [0.4, 0.5) is 13.2 Å². The highest BCUT2D eigenvalue weighted by molar-refractivity contribution is 5.83. The van der Waals surface area contributed by atoms with Gasteiger partial charge in [0.2, 0.25) is 0 Å². The molecule has 1 heterocycles. The lowest BCUT2D eigenvalue weighted by Crippen LogP contribution is -2.30. The number of rotatable bonds is 3. The third kappa shape index (κ3) is 2.85. The van der Waals surface area contributed by atoms with Crippen LogP contribution >= 0.6 is 0 Å². The second-order valence-corrected chi connectivity index (χ2v) is 4.57. The van der Waals surface area contributed by atoms with E-state index < -0.39 is 12.7 Å². The highest BCUT2D eigenvalue weighted by Crippen LogP contribution is 2.23. The zero-order valence-electron chi connectivity index (χ0n) is 10.3. The standard InChI is InChI=1S/C13H15F3N2/c1-17(9-13(14,15)16)7-10-8-18(2)12-6-4-3-5-11(10)12/h3-6,8H,7,9H2,1-2H3. The van der Waals surface area contributed by atoms with Gasteiger partial charge in [0.1, 0.15) is 0 Å². The van der Waals surface area contributed by atoms with E-state index in [2.05, 4.69) is 0 Å². The summed E-state index contributed by atoms with van der Waals surface area (Å²) in [6.07, 6.45) is -2.27. The molecule has 1 aromatic heterocycles. The molecule has 5 heteroatoms. The third-order valence-electron chi connectivity index (χ3n) is 2.87. The van der Waals surface area contributed by atoms with Crippen molar-refractivity contribution in [3.05, 3.63) is 36.0 Å². The number of para-hydroxylation sites is 1. The van der Waals surface area contributed by atoms with E-state index in [0.29, 0.717) is 6.54 Å². The molecule has 2 nitrogen and oxygen atoms in total. The van der Waals surface area contributed by atoms with Gasteiger partial charge >= 0.3 is 6.18 Å². The minimum atomic E-state index is -4.15. The Kier molecular flexibility index (Phi) is 3.34. The van der Waals surface area contributed by atoms with Crippen LogP contribution in [-0.2, 0) is 13.6 Å². The molecule has 0 aliphatic rings. The number of aromatic nitrogens is 1. The van der Waals surface area contributed by atoms with Gasteiger partial charge < -0.3 is 4.57 Å². The summed E-state index contributed by atoms with van der Waals surface area (Å²) in [4.78, 5) is 1.28. The maximum atomic E-state index is 12.3. The first-order valence-corrected chi connectivity index (χ1v) is 5.65. The number of aryl methyl sites for hydroxylation is 1. The van der Waals surface area contributed by atoms with Crippen molar-refractivity contribution in [3.63, 3.8) is 0 Å². The zero-order valence-corrected chi connectivity index (χ0v) is 10.3. The molecule has 0 saturated heterocycles. The number of hydrogen-bond donors (Lipinski definition) is 0. The van der Waals surface area contributed by atoms with Gasteiger partial charge in [0.15, 0.2) is 0 Å². The fraction of sp³-hybridized carbons (Fsp3) is 0.385. The highest BCUT2D eigenvalue weighted by atomic mass is 19.4. The topological polar surface area (TPSA) is 8.17 Å². The lowest BCUT2D eigenvalue weighted by Gasteiger charge is -2.17. The number of halogens is 3. The predicted molar refractivity (Wildman–Crippen MR) is 65.3 cm³/mol. The molecule has 0 unspecified atom stereocenters. The van der Waals surface area contributed by atoms with Gasteiger partial charge in [-0.3, -0.25) is 4.90 Å². The summed E-state index contributed by atoms with van der Waals surface area (Å²) in [6.45, 7) is -0.600. The van der Waals surface area contributed by atoms with Crippen molar-refractivity contribution in [3.8, 4) is 0 Å². The molecule has 0 N–H and O–H groups in total. The Morgan fingerprint density at radius 2 is 1.89 bits per heavy atom. The maximum Gasteiger partial charge on any atom is 0.401 e. The highest BCUT2D eigenvalue weighted by Gasteiger charge is 2.29. The average Bonchev–Trinajstić information content (AvgIpc) is 2.54. The molecule has 1 aromatic carbocycles. The van der Waals surface area contributed by atoms with E-state index in [1.807, 2.05) is 42.1 Å². The normalized spacial score (nSPS) is 12.6. The van der Waals surface area contributed by atoms with Crippen molar-refractivity contribution in [2.45, 2.75) is 12.7 Å². The van der Waals surface area contributed by atoms with Crippen LogP contribution < -0.4 is 0 Å². The van der Waals surface area contributed by atoms with Crippen LogP contribution in [0.3, 0.4) is 0 Å². The Bertz CT molecular complexity index is 543. The first-order chi connectivity index (χ1) is 8.37. The fourth-order valence-corrected chi connectivity index (χ4v) is 2.20. The van der Waals surface area contributed by atoms with Gasteiger partial charge in [0.25, 0.3) is 0 Å². The summed E-state index contributed by atoms with van der Waals surface area (Å²) in [7, 11) is 3.38. The molecule has 2 rings (SSSR count). The molecule has 0 radical (unpaired) electrons. The van der Waals surface area contributed by atoms with Crippen molar-refractivity contribution >= 4 is 10.9 Å². The van der Waals surface area contributed by atoms with E-state index in [9.17, 15) is 13.2 Å². The van der Waals surface area contributed by atoms with Gasteiger partial charge in [-0.25, -0.2) is 0 Å². The molecule has 98 valence electrons. The van der Waals surface area contributed by atoms with E-state index in [0.717, 1.165) is 16.5 Å². The van der Waals surface area contributed by atoms with E-state index in [-0.39, 0.29) is 0 Å². The summed E-state index contributed by atoms with van der Waals surface area (Å²) in [6, 6.07) is 7.72. The quantitative estimate of drug-likeness (QED) is 0.819. The lowest BCUT2D eigenvalue weighted by molar-refractivity contribution is -0.143. The third-order valence-corrected chi connectivity index (χ3v) is 2.87. The van der Waals surface area contributed by atoms with Gasteiger partial charge in [-0.1, -0.05) is 18.2 Å². The van der Waals surface area contributed by atoms with Gasteiger partial charge in [0.05, 0.1) is 6.54 Å². The van der Waals surface area contributed by atoms with E-state index in [4.69, 9.17) is 0 Å². The molecule has 0 aliphatic heterocycles. The fourth-order valence-electron chi connectivity index (χ4n) is 2.20. The number of hydrogen-bond acceptors (Lipinski definition) is 1. The second-order valence-electron chi connectivity index (χ2n) is 4.57. The van der Waals surface area contributed by atoms with Crippen molar-refractivity contribution in [2.75, 3.05) is 13.6 Å². The second kappa shape index (κ2) is 4.65. The molecule has 0 aliphatic carbocycles. The largest absolute Gasteiger partial charge is 0.401 e. The summed E-state index contributed by atoms with van der Waals surface area (Å²) < 4.78 is 38.8. The average molecular weight is 256 g/mol. The molecule has 0 atom stereocenters. The predicted octanol–water partition coefficient (Wildman–Crippen LogP) is 3.17. The maximum absolute atomic E-state index is 12.3. The molecule has 18 heavy (non-hydrogen) atoms. The Morgan fingerprint density at radius 1 is 1.22 bits per heavy atom. The van der Waals surface area contributed by atoms with E-state index in [1.165, 1.54) is 11.9 Å². The Hall–Kier alpha value is -1.49. The molecule has 0 saturated carbocycles. The van der Waals surface area contributed by atoms with Crippen LogP contribution in [0.25, 0.3) is 10.9 Å². The lowest BCUT2D eigenvalue weighted by atomic mass is 10.1. The first-order valence-electron chi connectivity index (χ1n) is 5.65. The van der Waals surface area contributed by atoms with Crippen LogP contribution in [-0.4, -0.2) is 29.2 Å². The van der Waals surface area contributed by atoms with Crippen molar-refractivity contribution < 1.29 is 13.2 Å². The zero-order chi connectivity index (χ0) is 13.3. The number of benzene rings is 1. The van der Waals surface area contributed by atoms with Crippen LogP contribution in [0.5, 0.6) is 0 Å². The summed E-state index contributed by atoms with van der Waals surface area (Å²) in [5.41, 5.74) is 1.95. The summed E-state index contributed by atoms with van der Waals surface area (Å²) in [5.74, 6) is 0. The number of nitrogens with zero attached hydrogens (tertiary/aromatic N) is 2. The first kappa shape index (κ1) is 13.0. The number of fused-ring (bicyclic) bond motifs is 1. The van der Waals surface area contributed by atoms with Gasteiger partial charge in [-0.2, -0.15) is 13.2 Å². The molecule has 0 amide bonds. The van der Waals surface area contributed by atoms with Gasteiger partial charge in [-0.15, -0.1) is 0 Å². The van der Waals surface area contributed by atoms with Crippen molar-refractivity contribution in [2.24, 2.45) is 7.05 Å². The van der Waals surface area contributed by atoms with Crippen LogP contribution in [0.1, 0.15) is 5.56 Å². The monoisotopic (exact) mass is 256 g/mol. The minimum Gasteiger partial charge on any atom is -0.350 e. The minimum absolute atomic E-state index is 0.293. The van der Waals surface area contributed by atoms with Crippen molar-refractivity contribution in [1.82, 2.24) is 9.47 Å². The molecule has 0 fully saturated rings. The number of alkyl halides is 3. The van der Waals surface area contributed by atoms with E-state index >= 15 is 0 Å². The molecule has 0 bridgehead atoms. The van der Waals surface area contributed by atoms with E-state index in [1.54, 1.807) is 0 Å². The van der Waals surface area contributed by atoms with Crippen molar-refractivity contribution in [1.29, 1.82) is 0 Å². The van der Waals surface area contributed by atoms with Gasteiger partial charge in [-0.05, 0) is 18.7 Å². The molecular weight excluding hydrogens is 241 g/mol. The van der Waals surface area contributed by atoms with Crippen LogP contribution in [0.15, 0.2) is 30.5 Å². The Morgan fingerprint density at radius 3 is 2.56 bits per heavy atom. The van der Waals surface area contributed by atoms with Gasteiger partial charge in [0, 0.05) is 30.7 Å². The smallest absolute Gasteiger partial charge is 0.350 e. The SMILES string of the molecule is CN(Cc1cn(C)c2ccccc12)CC(F)(F)F.